The zero-order valence-corrected chi connectivity index (χ0v) is 7.08. The summed E-state index contributed by atoms with van der Waals surface area (Å²) in [5, 5.41) is 0. The topological polar surface area (TPSA) is 26.8 Å². The van der Waals surface area contributed by atoms with E-state index in [9.17, 15) is 0 Å². The molecule has 2 heterocycles. The van der Waals surface area contributed by atoms with E-state index in [1.54, 1.807) is 11.2 Å². The highest BCUT2D eigenvalue weighted by Crippen LogP contribution is 1.96. The second kappa shape index (κ2) is 3.74. The molecule has 1 aliphatic rings. The minimum atomic E-state index is 0.885. The van der Waals surface area contributed by atoms with Crippen LogP contribution in [0.2, 0.25) is 0 Å². The van der Waals surface area contributed by atoms with Gasteiger partial charge in [-0.15, -0.1) is 0 Å². The van der Waals surface area contributed by atoms with Gasteiger partial charge >= 0.3 is 0 Å². The van der Waals surface area contributed by atoms with Gasteiger partial charge in [0.05, 0.1) is 19.5 Å². The Balaban J connectivity index is 1.86. The van der Waals surface area contributed by atoms with Crippen molar-refractivity contribution in [2.24, 2.45) is 0 Å². The molecule has 1 saturated heterocycles. The molecular formula is C9H14NO2+. The Hall–Kier alpha value is -0.800. The molecule has 3 heteroatoms. The second-order valence-corrected chi connectivity index (χ2v) is 3.12. The molecule has 1 aromatic heterocycles. The number of nitrogens with one attached hydrogen (secondary N) is 1. The number of morpholine rings is 1. The molecule has 66 valence electrons. The van der Waals surface area contributed by atoms with Gasteiger partial charge in [-0.1, -0.05) is 0 Å². The lowest BCUT2D eigenvalue weighted by Gasteiger charge is -2.22. The Bertz CT molecular complexity index is 214. The fraction of sp³-hybridized carbons (Fsp3) is 0.556. The smallest absolute Gasteiger partial charge is 0.157 e. The highest BCUT2D eigenvalue weighted by atomic mass is 16.5. The molecule has 1 aromatic rings. The highest BCUT2D eigenvalue weighted by molar-refractivity contribution is 4.95. The minimum absolute atomic E-state index is 0.885. The SMILES string of the molecule is c1coc(C[NH+]2CCOCC2)c1. The highest BCUT2D eigenvalue weighted by Gasteiger charge is 2.14. The molecule has 1 N–H and O–H groups in total. The van der Waals surface area contributed by atoms with Gasteiger partial charge < -0.3 is 14.1 Å². The molecule has 0 unspecified atom stereocenters. The van der Waals surface area contributed by atoms with E-state index in [2.05, 4.69) is 0 Å². The Kier molecular flexibility index (Phi) is 2.44. The van der Waals surface area contributed by atoms with E-state index in [0.29, 0.717) is 0 Å². The summed E-state index contributed by atoms with van der Waals surface area (Å²) in [6.07, 6.45) is 1.73. The normalized spacial score (nSPS) is 19.7. The van der Waals surface area contributed by atoms with E-state index in [-0.39, 0.29) is 0 Å². The van der Waals surface area contributed by atoms with Crippen molar-refractivity contribution in [3.8, 4) is 0 Å². The van der Waals surface area contributed by atoms with Crippen molar-refractivity contribution in [1.82, 2.24) is 0 Å². The zero-order valence-electron chi connectivity index (χ0n) is 7.08. The molecule has 0 aromatic carbocycles. The van der Waals surface area contributed by atoms with Gasteiger partial charge in [-0.05, 0) is 12.1 Å². The maximum Gasteiger partial charge on any atom is 0.157 e. The number of hydrogen-bond acceptors (Lipinski definition) is 2. The summed E-state index contributed by atoms with van der Waals surface area (Å²) in [6, 6.07) is 3.97. The van der Waals surface area contributed by atoms with Crippen LogP contribution in [-0.2, 0) is 11.3 Å². The lowest BCUT2D eigenvalue weighted by molar-refractivity contribution is -0.922. The van der Waals surface area contributed by atoms with Gasteiger partial charge in [-0.2, -0.15) is 0 Å². The van der Waals surface area contributed by atoms with Crippen LogP contribution in [0.25, 0.3) is 0 Å². The van der Waals surface area contributed by atoms with Gasteiger partial charge in [0.1, 0.15) is 19.6 Å². The Labute approximate surface area is 71.9 Å². The summed E-state index contributed by atoms with van der Waals surface area (Å²) >= 11 is 0. The van der Waals surface area contributed by atoms with Gasteiger partial charge in [0.15, 0.2) is 5.76 Å². The van der Waals surface area contributed by atoms with E-state index in [1.807, 2.05) is 12.1 Å². The maximum absolute atomic E-state index is 5.27. The summed E-state index contributed by atoms with van der Waals surface area (Å²) in [6.45, 7) is 4.96. The standard InChI is InChI=1S/C9H13NO2/c1-2-9(12-5-1)8-10-3-6-11-7-4-10/h1-2,5H,3-4,6-8H2/p+1. The van der Waals surface area contributed by atoms with Gasteiger partial charge in [0.25, 0.3) is 0 Å². The number of quaternary nitrogens is 1. The first-order valence-corrected chi connectivity index (χ1v) is 4.39. The molecule has 3 nitrogen and oxygen atoms in total. The Morgan fingerprint density at radius 3 is 2.83 bits per heavy atom. The molecule has 2 rings (SSSR count). The number of rotatable bonds is 2. The van der Waals surface area contributed by atoms with E-state index in [4.69, 9.17) is 9.15 Å². The quantitative estimate of drug-likeness (QED) is 0.656. The number of hydrogen-bond donors (Lipinski definition) is 1. The van der Waals surface area contributed by atoms with Crippen molar-refractivity contribution >= 4 is 0 Å². The summed E-state index contributed by atoms with van der Waals surface area (Å²) in [5.41, 5.74) is 0. The van der Waals surface area contributed by atoms with Gasteiger partial charge in [0, 0.05) is 0 Å². The van der Waals surface area contributed by atoms with Crippen molar-refractivity contribution in [2.75, 3.05) is 26.3 Å². The Morgan fingerprint density at radius 2 is 2.17 bits per heavy atom. The molecule has 0 bridgehead atoms. The van der Waals surface area contributed by atoms with Crippen LogP contribution in [0.3, 0.4) is 0 Å². The summed E-state index contributed by atoms with van der Waals surface area (Å²) in [4.78, 5) is 1.55. The summed E-state index contributed by atoms with van der Waals surface area (Å²) in [5.74, 6) is 1.08. The third kappa shape index (κ3) is 1.87. The monoisotopic (exact) mass is 168 g/mol. The van der Waals surface area contributed by atoms with Crippen molar-refractivity contribution < 1.29 is 14.1 Å². The lowest BCUT2D eigenvalue weighted by Crippen LogP contribution is -3.12. The summed E-state index contributed by atoms with van der Waals surface area (Å²) in [7, 11) is 0. The van der Waals surface area contributed by atoms with Crippen LogP contribution in [0.4, 0.5) is 0 Å². The van der Waals surface area contributed by atoms with Crippen molar-refractivity contribution in [2.45, 2.75) is 6.54 Å². The van der Waals surface area contributed by atoms with Crippen molar-refractivity contribution in [3.63, 3.8) is 0 Å². The maximum atomic E-state index is 5.27. The molecule has 0 radical (unpaired) electrons. The van der Waals surface area contributed by atoms with Gasteiger partial charge in [0.2, 0.25) is 0 Å². The molecule has 0 aliphatic carbocycles. The molecule has 0 saturated carbocycles. The predicted octanol–water partition coefficient (Wildman–Crippen LogP) is -0.305. The molecular weight excluding hydrogens is 154 g/mol. The van der Waals surface area contributed by atoms with E-state index in [1.165, 1.54) is 0 Å². The fourth-order valence-corrected chi connectivity index (χ4v) is 1.50. The van der Waals surface area contributed by atoms with E-state index in [0.717, 1.165) is 38.6 Å². The number of furan rings is 1. The molecule has 12 heavy (non-hydrogen) atoms. The number of ether oxygens (including phenoxy) is 1. The molecule has 1 aliphatic heterocycles. The molecule has 0 spiro atoms. The molecule has 0 atom stereocenters. The van der Waals surface area contributed by atoms with Gasteiger partial charge in [-0.25, -0.2) is 0 Å². The first kappa shape index (κ1) is 7.83. The van der Waals surface area contributed by atoms with Crippen molar-refractivity contribution in [3.05, 3.63) is 24.2 Å². The largest absolute Gasteiger partial charge is 0.463 e. The van der Waals surface area contributed by atoms with Crippen LogP contribution in [0.15, 0.2) is 22.8 Å². The van der Waals surface area contributed by atoms with Crippen LogP contribution in [0.1, 0.15) is 5.76 Å². The molecule has 0 amide bonds. The average Bonchev–Trinajstić information content (AvgIpc) is 2.59. The first-order valence-electron chi connectivity index (χ1n) is 4.39. The van der Waals surface area contributed by atoms with Crippen LogP contribution >= 0.6 is 0 Å². The van der Waals surface area contributed by atoms with Crippen LogP contribution < -0.4 is 4.90 Å². The summed E-state index contributed by atoms with van der Waals surface area (Å²) < 4.78 is 10.5. The van der Waals surface area contributed by atoms with Crippen LogP contribution in [0, 0.1) is 0 Å². The van der Waals surface area contributed by atoms with Crippen LogP contribution in [-0.4, -0.2) is 26.3 Å². The Morgan fingerprint density at radius 1 is 1.33 bits per heavy atom. The average molecular weight is 168 g/mol. The lowest BCUT2D eigenvalue weighted by atomic mass is 10.3. The second-order valence-electron chi connectivity index (χ2n) is 3.12. The van der Waals surface area contributed by atoms with E-state index < -0.39 is 0 Å². The zero-order chi connectivity index (χ0) is 8.23. The first-order chi connectivity index (χ1) is 5.95. The van der Waals surface area contributed by atoms with Crippen molar-refractivity contribution in [1.29, 1.82) is 0 Å². The predicted molar refractivity (Wildman–Crippen MR) is 43.9 cm³/mol. The van der Waals surface area contributed by atoms with Gasteiger partial charge in [-0.3, -0.25) is 0 Å². The van der Waals surface area contributed by atoms with Crippen LogP contribution in [0.5, 0.6) is 0 Å². The fourth-order valence-electron chi connectivity index (χ4n) is 1.50. The third-order valence-corrected chi connectivity index (χ3v) is 2.20. The van der Waals surface area contributed by atoms with E-state index >= 15 is 0 Å². The molecule has 1 fully saturated rings. The third-order valence-electron chi connectivity index (χ3n) is 2.20. The minimum Gasteiger partial charge on any atom is -0.463 e.